The fourth-order valence-electron chi connectivity index (χ4n) is 7.55. The van der Waals surface area contributed by atoms with E-state index in [-0.39, 0.29) is 0 Å². The maximum absolute atomic E-state index is 9.20. The Bertz CT molecular complexity index is 3130. The normalized spacial score (nSPS) is 11.0. The standard InChI is InChI=1S/C54H34N6/c55-35-36-25-27-37(28-26-36)38-29-31-39(32-30-38)42-17-11-19-44(33-42)53-56-49-24-10-9-23-48(49)50(57-53)47-22-8-7-21-46(47)43-18-12-20-45(34-43)54-59-51(40-13-3-1-4-14-40)58-52(60-54)41-15-5-2-6-16-41/h1-34H. The van der Waals surface area contributed by atoms with Crippen LogP contribution < -0.4 is 0 Å². The molecule has 0 unspecified atom stereocenters. The lowest BCUT2D eigenvalue weighted by Gasteiger charge is -2.15. The Labute approximate surface area is 347 Å². The third kappa shape index (κ3) is 7.20. The summed E-state index contributed by atoms with van der Waals surface area (Å²) in [4.78, 5) is 25.3. The highest BCUT2D eigenvalue weighted by Gasteiger charge is 2.18. The van der Waals surface area contributed by atoms with E-state index in [1.165, 1.54) is 0 Å². The van der Waals surface area contributed by atoms with Crippen LogP contribution >= 0.6 is 0 Å². The van der Waals surface area contributed by atoms with Gasteiger partial charge in [-0.3, -0.25) is 0 Å². The second-order valence-corrected chi connectivity index (χ2v) is 14.4. The smallest absolute Gasteiger partial charge is 0.164 e. The van der Waals surface area contributed by atoms with Crippen molar-refractivity contribution in [2.75, 3.05) is 0 Å². The molecule has 6 heteroatoms. The van der Waals surface area contributed by atoms with E-state index in [1.54, 1.807) is 0 Å². The van der Waals surface area contributed by atoms with E-state index >= 15 is 0 Å². The molecule has 2 aromatic heterocycles. The molecule has 0 fully saturated rings. The number of para-hydroxylation sites is 1. The first-order valence-electron chi connectivity index (χ1n) is 19.7. The summed E-state index contributed by atoms with van der Waals surface area (Å²) in [6.07, 6.45) is 0. The molecule has 10 rings (SSSR count). The minimum Gasteiger partial charge on any atom is -0.228 e. The van der Waals surface area contributed by atoms with Crippen molar-refractivity contribution in [2.24, 2.45) is 0 Å². The average molecular weight is 767 g/mol. The second kappa shape index (κ2) is 15.9. The third-order valence-corrected chi connectivity index (χ3v) is 10.6. The minimum absolute atomic E-state index is 0.598. The molecule has 0 radical (unpaired) electrons. The molecule has 0 saturated carbocycles. The Balaban J connectivity index is 1.04. The maximum Gasteiger partial charge on any atom is 0.164 e. The van der Waals surface area contributed by atoms with Gasteiger partial charge in [0.15, 0.2) is 23.3 Å². The molecular formula is C54H34N6. The van der Waals surface area contributed by atoms with Crippen molar-refractivity contribution in [1.82, 2.24) is 24.9 Å². The number of hydrogen-bond donors (Lipinski definition) is 0. The molecule has 10 aromatic rings. The Kier molecular flexibility index (Phi) is 9.51. The van der Waals surface area contributed by atoms with Crippen molar-refractivity contribution < 1.29 is 0 Å². The van der Waals surface area contributed by atoms with Crippen LogP contribution in [0.3, 0.4) is 0 Å². The molecule has 2 heterocycles. The summed E-state index contributed by atoms with van der Waals surface area (Å²) in [5.41, 5.74) is 13.4. The number of benzene rings is 8. The fraction of sp³-hybridized carbons (Fsp3) is 0. The molecule has 0 atom stereocenters. The number of hydrogen-bond acceptors (Lipinski definition) is 6. The minimum atomic E-state index is 0.598. The summed E-state index contributed by atoms with van der Waals surface area (Å²) in [6.45, 7) is 0. The van der Waals surface area contributed by atoms with Gasteiger partial charge in [0.25, 0.3) is 0 Å². The topological polar surface area (TPSA) is 88.2 Å². The van der Waals surface area contributed by atoms with Gasteiger partial charge < -0.3 is 0 Å². The van der Waals surface area contributed by atoms with Gasteiger partial charge in [-0.05, 0) is 63.7 Å². The first kappa shape index (κ1) is 36.0. The lowest BCUT2D eigenvalue weighted by atomic mass is 9.94. The molecule has 0 aliphatic carbocycles. The Morgan fingerprint density at radius 2 is 0.733 bits per heavy atom. The zero-order valence-corrected chi connectivity index (χ0v) is 32.3. The van der Waals surface area contributed by atoms with Gasteiger partial charge in [-0.15, -0.1) is 0 Å². The highest BCUT2D eigenvalue weighted by molar-refractivity contribution is 5.98. The van der Waals surface area contributed by atoms with Crippen molar-refractivity contribution >= 4 is 10.9 Å². The predicted molar refractivity (Wildman–Crippen MR) is 241 cm³/mol. The Hall–Kier alpha value is -8.40. The average Bonchev–Trinajstić information content (AvgIpc) is 3.34. The van der Waals surface area contributed by atoms with Crippen LogP contribution in [-0.2, 0) is 0 Å². The van der Waals surface area contributed by atoms with E-state index in [0.717, 1.165) is 77.8 Å². The number of fused-ring (bicyclic) bond motifs is 1. The molecule has 6 nitrogen and oxygen atoms in total. The largest absolute Gasteiger partial charge is 0.228 e. The first-order chi connectivity index (χ1) is 29.7. The molecule has 60 heavy (non-hydrogen) atoms. The van der Waals surface area contributed by atoms with Crippen LogP contribution in [-0.4, -0.2) is 24.9 Å². The lowest BCUT2D eigenvalue weighted by Crippen LogP contribution is -2.00. The van der Waals surface area contributed by atoms with Crippen molar-refractivity contribution in [3.8, 4) is 96.3 Å². The zero-order valence-electron chi connectivity index (χ0n) is 32.3. The van der Waals surface area contributed by atoms with Gasteiger partial charge >= 0.3 is 0 Å². The van der Waals surface area contributed by atoms with Crippen molar-refractivity contribution in [1.29, 1.82) is 5.26 Å². The number of nitrogens with zero attached hydrogens (tertiary/aromatic N) is 6. The fourth-order valence-corrected chi connectivity index (χ4v) is 7.55. The summed E-state index contributed by atoms with van der Waals surface area (Å²) in [5.74, 6) is 2.49. The van der Waals surface area contributed by atoms with Crippen LogP contribution in [0.4, 0.5) is 0 Å². The molecule has 0 amide bonds. The van der Waals surface area contributed by atoms with Crippen LogP contribution in [0, 0.1) is 11.3 Å². The van der Waals surface area contributed by atoms with E-state index < -0.39 is 0 Å². The molecule has 0 bridgehead atoms. The quantitative estimate of drug-likeness (QED) is 0.153. The summed E-state index contributed by atoms with van der Waals surface area (Å²) in [6, 6.07) is 71.8. The highest BCUT2D eigenvalue weighted by atomic mass is 15.0. The number of aromatic nitrogens is 5. The maximum atomic E-state index is 9.20. The Morgan fingerprint density at radius 1 is 0.300 bits per heavy atom. The van der Waals surface area contributed by atoms with Crippen LogP contribution in [0.1, 0.15) is 5.56 Å². The molecule has 8 aromatic carbocycles. The summed E-state index contributed by atoms with van der Waals surface area (Å²) in [5, 5.41) is 10.2. The summed E-state index contributed by atoms with van der Waals surface area (Å²) < 4.78 is 0. The van der Waals surface area contributed by atoms with Crippen LogP contribution in [0.25, 0.3) is 101 Å². The van der Waals surface area contributed by atoms with Crippen LogP contribution in [0.2, 0.25) is 0 Å². The molecule has 0 saturated heterocycles. The van der Waals surface area contributed by atoms with Gasteiger partial charge in [0.2, 0.25) is 0 Å². The van der Waals surface area contributed by atoms with Gasteiger partial charge in [0.1, 0.15) is 0 Å². The van der Waals surface area contributed by atoms with Crippen molar-refractivity contribution in [3.05, 3.63) is 212 Å². The molecular weight excluding hydrogens is 733 g/mol. The SMILES string of the molecule is N#Cc1ccc(-c2ccc(-c3cccc(-c4nc(-c5ccccc5-c5cccc(-c6nc(-c7ccccc7)nc(-c7ccccc7)n6)c5)c5ccccc5n4)c3)cc2)cc1. The zero-order chi connectivity index (χ0) is 40.3. The first-order valence-corrected chi connectivity index (χ1v) is 19.7. The van der Waals surface area contributed by atoms with Crippen LogP contribution in [0.5, 0.6) is 0 Å². The Morgan fingerprint density at radius 3 is 1.35 bits per heavy atom. The van der Waals surface area contributed by atoms with E-state index in [1.807, 2.05) is 103 Å². The number of nitriles is 1. The van der Waals surface area contributed by atoms with E-state index in [4.69, 9.17) is 24.9 Å². The van der Waals surface area contributed by atoms with E-state index in [9.17, 15) is 5.26 Å². The van der Waals surface area contributed by atoms with E-state index in [0.29, 0.717) is 28.9 Å². The van der Waals surface area contributed by atoms with Crippen molar-refractivity contribution in [2.45, 2.75) is 0 Å². The van der Waals surface area contributed by atoms with Gasteiger partial charge in [0.05, 0.1) is 22.8 Å². The van der Waals surface area contributed by atoms with Gasteiger partial charge in [-0.1, -0.05) is 176 Å². The molecule has 280 valence electrons. The molecule has 0 spiro atoms. The molecule has 0 aliphatic rings. The van der Waals surface area contributed by atoms with Gasteiger partial charge in [0, 0.05) is 33.2 Å². The molecule has 0 aliphatic heterocycles. The van der Waals surface area contributed by atoms with Crippen molar-refractivity contribution in [3.63, 3.8) is 0 Å². The van der Waals surface area contributed by atoms with Gasteiger partial charge in [-0.25, -0.2) is 24.9 Å². The lowest BCUT2D eigenvalue weighted by molar-refractivity contribution is 1.07. The van der Waals surface area contributed by atoms with Crippen LogP contribution in [0.15, 0.2) is 206 Å². The molecule has 0 N–H and O–H groups in total. The summed E-state index contributed by atoms with van der Waals surface area (Å²) in [7, 11) is 0. The predicted octanol–water partition coefficient (Wildman–Crippen LogP) is 13.0. The third-order valence-electron chi connectivity index (χ3n) is 10.6. The van der Waals surface area contributed by atoms with E-state index in [2.05, 4.69) is 109 Å². The number of rotatable bonds is 8. The van der Waals surface area contributed by atoms with Gasteiger partial charge in [-0.2, -0.15) is 5.26 Å². The summed E-state index contributed by atoms with van der Waals surface area (Å²) >= 11 is 0. The monoisotopic (exact) mass is 766 g/mol. The highest BCUT2D eigenvalue weighted by Crippen LogP contribution is 2.38. The second-order valence-electron chi connectivity index (χ2n) is 14.4.